The Labute approximate surface area is 228 Å². The largest absolute Gasteiger partial charge is 0.491 e. The Bertz CT molecular complexity index is 999. The molecule has 0 unspecified atom stereocenters. The van der Waals surface area contributed by atoms with Crippen LogP contribution in [-0.4, -0.2) is 77.9 Å². The molecular formula is C28H39ClFNO7. The fourth-order valence-corrected chi connectivity index (χ4v) is 4.70. The van der Waals surface area contributed by atoms with Gasteiger partial charge in [-0.2, -0.15) is 0 Å². The van der Waals surface area contributed by atoms with Crippen LogP contribution in [0.15, 0.2) is 36.4 Å². The number of benzene rings is 2. The van der Waals surface area contributed by atoms with Gasteiger partial charge >= 0.3 is 0 Å². The fraction of sp³-hybridized carbons (Fsp3) is 0.536. The molecule has 2 aliphatic heterocycles. The van der Waals surface area contributed by atoms with Gasteiger partial charge in [-0.05, 0) is 67.6 Å². The lowest BCUT2D eigenvalue weighted by atomic mass is 9.88. The van der Waals surface area contributed by atoms with Gasteiger partial charge in [-0.3, -0.25) is 0 Å². The van der Waals surface area contributed by atoms with Crippen LogP contribution in [0.25, 0.3) is 0 Å². The van der Waals surface area contributed by atoms with E-state index in [0.29, 0.717) is 24.5 Å². The van der Waals surface area contributed by atoms with Gasteiger partial charge in [0.05, 0.1) is 38.1 Å². The van der Waals surface area contributed by atoms with E-state index in [-0.39, 0.29) is 31.4 Å². The lowest BCUT2D eigenvalue weighted by Crippen LogP contribution is -2.48. The maximum absolute atomic E-state index is 14.2. The Hall–Kier alpha value is -2.11. The van der Waals surface area contributed by atoms with Crippen LogP contribution in [0, 0.1) is 5.82 Å². The first-order chi connectivity index (χ1) is 18.3. The summed E-state index contributed by atoms with van der Waals surface area (Å²) in [6.07, 6.45) is 2.90. The van der Waals surface area contributed by atoms with E-state index in [1.165, 1.54) is 6.07 Å². The number of rotatable bonds is 8. The van der Waals surface area contributed by atoms with Crippen molar-refractivity contribution in [3.8, 4) is 5.75 Å². The number of hydrogen-bond acceptors (Lipinski definition) is 8. The third-order valence-electron chi connectivity index (χ3n) is 6.46. The quantitative estimate of drug-likeness (QED) is 0.315. The normalized spacial score (nSPS) is 21.9. The smallest absolute Gasteiger partial charge is 0.165 e. The van der Waals surface area contributed by atoms with Gasteiger partial charge in [-0.25, -0.2) is 4.39 Å². The molecule has 5 N–H and O–H groups in total. The highest BCUT2D eigenvalue weighted by molar-refractivity contribution is 6.31. The van der Waals surface area contributed by atoms with Crippen LogP contribution in [0.2, 0.25) is 5.02 Å². The molecule has 8 nitrogen and oxygen atoms in total. The van der Waals surface area contributed by atoms with Crippen molar-refractivity contribution in [1.82, 2.24) is 5.32 Å². The van der Waals surface area contributed by atoms with Gasteiger partial charge in [0.25, 0.3) is 0 Å². The lowest BCUT2D eigenvalue weighted by molar-refractivity contribution is -0.198. The van der Waals surface area contributed by atoms with Crippen molar-refractivity contribution in [2.24, 2.45) is 0 Å². The van der Waals surface area contributed by atoms with Crippen molar-refractivity contribution in [1.29, 1.82) is 0 Å². The molecule has 38 heavy (non-hydrogen) atoms. The first-order valence-electron chi connectivity index (χ1n) is 12.7. The summed E-state index contributed by atoms with van der Waals surface area (Å²) in [5.74, 6) is -0.212. The van der Waals surface area contributed by atoms with Gasteiger partial charge in [-0.1, -0.05) is 29.8 Å². The van der Waals surface area contributed by atoms with Crippen LogP contribution < -0.4 is 10.1 Å². The minimum atomic E-state index is -1.18. The Morgan fingerprint density at radius 1 is 1.21 bits per heavy atom. The topological polar surface area (TPSA) is 128 Å². The van der Waals surface area contributed by atoms with E-state index in [1.54, 1.807) is 31.2 Å². The van der Waals surface area contributed by atoms with Gasteiger partial charge in [-0.15, -0.1) is 0 Å². The Morgan fingerprint density at radius 3 is 2.50 bits per heavy atom. The highest BCUT2D eigenvalue weighted by atomic mass is 35.5. The molecule has 0 aliphatic carbocycles. The Morgan fingerprint density at radius 2 is 1.95 bits per heavy atom. The van der Waals surface area contributed by atoms with Crippen molar-refractivity contribution in [2.75, 3.05) is 33.5 Å². The minimum absolute atomic E-state index is 0.167. The molecule has 2 saturated heterocycles. The summed E-state index contributed by atoms with van der Waals surface area (Å²) in [5, 5.41) is 40.1. The van der Waals surface area contributed by atoms with E-state index in [0.717, 1.165) is 49.5 Å². The molecule has 2 heterocycles. The van der Waals surface area contributed by atoms with E-state index in [2.05, 4.69) is 5.32 Å². The van der Waals surface area contributed by atoms with E-state index < -0.39 is 23.6 Å². The highest BCUT2D eigenvalue weighted by Crippen LogP contribution is 2.38. The summed E-state index contributed by atoms with van der Waals surface area (Å²) in [7, 11) is 1.00. The third kappa shape index (κ3) is 8.98. The number of aliphatic hydroxyl groups is 4. The number of aldehydes is 1. The van der Waals surface area contributed by atoms with Crippen LogP contribution in [-0.2, 0) is 16.0 Å². The molecule has 0 aromatic heterocycles. The first kappa shape index (κ1) is 32.1. The molecule has 0 amide bonds. The average molecular weight is 556 g/mol. The van der Waals surface area contributed by atoms with Crippen LogP contribution >= 0.6 is 11.6 Å². The maximum atomic E-state index is 14.2. The zero-order chi connectivity index (χ0) is 28.1. The Kier molecular flexibility index (Phi) is 13.6. The highest BCUT2D eigenvalue weighted by Gasteiger charge is 2.41. The molecule has 2 aliphatic rings. The predicted octanol–water partition coefficient (Wildman–Crippen LogP) is 2.95. The average Bonchev–Trinajstić information content (AvgIpc) is 3.47. The number of carbonyl (C=O) groups excluding carboxylic acids is 1. The summed E-state index contributed by atoms with van der Waals surface area (Å²) in [6, 6.07) is 10.4. The van der Waals surface area contributed by atoms with E-state index in [9.17, 15) is 24.5 Å². The lowest BCUT2D eigenvalue weighted by Gasteiger charge is -2.41. The van der Waals surface area contributed by atoms with Crippen LogP contribution in [0.4, 0.5) is 4.39 Å². The predicted molar refractivity (Wildman–Crippen MR) is 143 cm³/mol. The Balaban J connectivity index is 0.000000481. The van der Waals surface area contributed by atoms with E-state index >= 15 is 0 Å². The molecular weight excluding hydrogens is 517 g/mol. The molecule has 0 radical (unpaired) electrons. The van der Waals surface area contributed by atoms with Crippen molar-refractivity contribution < 1.29 is 39.1 Å². The molecule has 2 aromatic carbocycles. The molecule has 10 heteroatoms. The second-order valence-corrected chi connectivity index (χ2v) is 9.67. The number of nitrogens with one attached hydrogen (secondary N) is 1. The summed E-state index contributed by atoms with van der Waals surface area (Å²) < 4.78 is 25.4. The van der Waals surface area contributed by atoms with E-state index in [1.807, 2.05) is 6.07 Å². The fourth-order valence-electron chi connectivity index (χ4n) is 4.52. The molecule has 2 aromatic rings. The number of halogens is 2. The number of ether oxygens (including phenoxy) is 2. The van der Waals surface area contributed by atoms with Crippen molar-refractivity contribution in [3.05, 3.63) is 63.9 Å². The van der Waals surface area contributed by atoms with Crippen molar-refractivity contribution in [3.63, 3.8) is 0 Å². The summed E-state index contributed by atoms with van der Waals surface area (Å²) >= 11 is 6.36. The van der Waals surface area contributed by atoms with Crippen LogP contribution in [0.3, 0.4) is 0 Å². The second kappa shape index (κ2) is 16.1. The van der Waals surface area contributed by atoms with Crippen molar-refractivity contribution >= 4 is 17.9 Å². The number of hydrogen-bond donors (Lipinski definition) is 5. The molecule has 3 atom stereocenters. The van der Waals surface area contributed by atoms with Crippen molar-refractivity contribution in [2.45, 2.75) is 62.9 Å². The van der Waals surface area contributed by atoms with Gasteiger partial charge < -0.3 is 40.0 Å². The zero-order valence-corrected chi connectivity index (χ0v) is 22.7. The minimum Gasteiger partial charge on any atom is -0.491 e. The molecule has 0 spiro atoms. The standard InChI is InChI=1S/C22H26ClFO5.C5H9NO.CH4O/c1-2-28-20-6-3-14(8-19(20)24)7-16-9-15(4-5-18(16)23)21-10-17(27)11-22(12-25,13-26)29-21;7-4-5-2-1-3-6-5;1-2/h3-6,8-9,17,21,25-27H,2,7,10-13H2,1H3;4-6H,1-3H2;2H,1H3/t17-,21-;5-;/m10./s1. The van der Waals surface area contributed by atoms with Gasteiger partial charge in [0, 0.05) is 25.0 Å². The summed E-state index contributed by atoms with van der Waals surface area (Å²) in [6.45, 7) is 2.43. The summed E-state index contributed by atoms with van der Waals surface area (Å²) in [5.41, 5.74) is 1.13. The summed E-state index contributed by atoms with van der Waals surface area (Å²) in [4.78, 5) is 9.94. The maximum Gasteiger partial charge on any atom is 0.165 e. The van der Waals surface area contributed by atoms with Gasteiger partial charge in [0.15, 0.2) is 11.6 Å². The van der Waals surface area contributed by atoms with Gasteiger partial charge in [0.2, 0.25) is 0 Å². The zero-order valence-electron chi connectivity index (χ0n) is 21.9. The number of aliphatic hydroxyl groups excluding tert-OH is 4. The number of carbonyl (C=O) groups is 1. The molecule has 2 fully saturated rings. The second-order valence-electron chi connectivity index (χ2n) is 9.26. The van der Waals surface area contributed by atoms with Crippen LogP contribution in [0.5, 0.6) is 5.75 Å². The SMILES string of the molecule is CCOc1ccc(Cc2cc([C@H]3C[C@@H](O)CC(CO)(CO)O3)ccc2Cl)cc1F.CO.O=C[C@@H]1CCCN1. The first-order valence-corrected chi connectivity index (χ1v) is 13.1. The molecule has 0 saturated carbocycles. The molecule has 212 valence electrons. The third-order valence-corrected chi connectivity index (χ3v) is 6.83. The van der Waals surface area contributed by atoms with Gasteiger partial charge in [0.1, 0.15) is 11.9 Å². The van der Waals surface area contributed by atoms with E-state index in [4.69, 9.17) is 26.2 Å². The van der Waals surface area contributed by atoms with Crippen LogP contribution in [0.1, 0.15) is 55.4 Å². The monoisotopic (exact) mass is 555 g/mol. The molecule has 4 rings (SSSR count). The molecule has 0 bridgehead atoms.